The molecule has 1 aliphatic carbocycles. The monoisotopic (exact) mass is 622 g/mol. The van der Waals surface area contributed by atoms with Crippen LogP contribution in [0, 0.1) is 5.92 Å². The number of hydrogen-bond acceptors (Lipinski definition) is 6. The van der Waals surface area contributed by atoms with E-state index in [4.69, 9.17) is 0 Å². The number of piperidine rings is 1. The highest BCUT2D eigenvalue weighted by atomic mass is 32.2. The van der Waals surface area contributed by atoms with E-state index < -0.39 is 16.1 Å². The van der Waals surface area contributed by atoms with E-state index in [1.54, 1.807) is 34.9 Å². The molecule has 3 N–H and O–H groups in total. The third-order valence-electron chi connectivity index (χ3n) is 8.73. The zero-order valence-electron chi connectivity index (χ0n) is 25.2. The molecule has 0 radical (unpaired) electrons. The van der Waals surface area contributed by atoms with Crippen molar-refractivity contribution in [1.82, 2.24) is 29.6 Å². The Balaban J connectivity index is 1.19. The summed E-state index contributed by atoms with van der Waals surface area (Å²) in [6.07, 6.45) is 13.2. The number of carbonyl (C=O) groups is 3. The number of benzene rings is 1. The van der Waals surface area contributed by atoms with Crippen molar-refractivity contribution in [2.45, 2.75) is 76.4 Å². The van der Waals surface area contributed by atoms with E-state index in [1.165, 1.54) is 36.0 Å². The number of hydrogen-bond donors (Lipinski definition) is 3. The van der Waals surface area contributed by atoms with Gasteiger partial charge in [-0.25, -0.2) is 17.7 Å². The summed E-state index contributed by atoms with van der Waals surface area (Å²) in [6.45, 7) is 0.968. The number of amides is 3. The second kappa shape index (κ2) is 14.3. The van der Waals surface area contributed by atoms with Crippen molar-refractivity contribution in [3.05, 3.63) is 71.7 Å². The molecule has 1 saturated heterocycles. The molecule has 3 aromatic rings. The molecule has 2 aliphatic rings. The molecule has 2 unspecified atom stereocenters. The van der Waals surface area contributed by atoms with Gasteiger partial charge in [0.25, 0.3) is 11.8 Å². The van der Waals surface area contributed by atoms with Crippen LogP contribution in [0.3, 0.4) is 0 Å². The van der Waals surface area contributed by atoms with E-state index in [1.807, 2.05) is 18.2 Å². The highest BCUT2D eigenvalue weighted by Gasteiger charge is 2.30. The van der Waals surface area contributed by atoms with Crippen LogP contribution in [0.15, 0.2) is 54.9 Å². The van der Waals surface area contributed by atoms with E-state index in [0.717, 1.165) is 24.8 Å². The molecule has 1 aliphatic heterocycles. The summed E-state index contributed by atoms with van der Waals surface area (Å²) in [5, 5.41) is 8.86. The van der Waals surface area contributed by atoms with Crippen LogP contribution in [0.4, 0.5) is 0 Å². The van der Waals surface area contributed by atoms with E-state index in [2.05, 4.69) is 20.9 Å². The summed E-state index contributed by atoms with van der Waals surface area (Å²) in [7, 11) is -3.34. The lowest BCUT2D eigenvalue weighted by atomic mass is 9.85. The van der Waals surface area contributed by atoms with Crippen LogP contribution in [0.25, 0.3) is 5.65 Å². The number of rotatable bonds is 11. The van der Waals surface area contributed by atoms with Gasteiger partial charge in [-0.15, -0.1) is 0 Å². The summed E-state index contributed by atoms with van der Waals surface area (Å²) in [6, 6.07) is 11.4. The van der Waals surface area contributed by atoms with Crippen molar-refractivity contribution in [3.8, 4) is 0 Å². The maximum absolute atomic E-state index is 13.4. The SMILES string of the molecule is CS(=O)(=O)N1CCCC(NC(=O)C(CCC2CCCCC2)NC(=O)c2ccc(CNC(=O)c3cnc4ccccn34)cc2)C1. The van der Waals surface area contributed by atoms with Gasteiger partial charge in [-0.3, -0.25) is 18.8 Å². The Morgan fingerprint density at radius 2 is 1.75 bits per heavy atom. The van der Waals surface area contributed by atoms with Gasteiger partial charge in [0, 0.05) is 37.4 Å². The van der Waals surface area contributed by atoms with Gasteiger partial charge in [0.15, 0.2) is 0 Å². The number of carbonyl (C=O) groups excluding carboxylic acids is 3. The molecular weight excluding hydrogens is 580 g/mol. The van der Waals surface area contributed by atoms with Crippen molar-refractivity contribution >= 4 is 33.4 Å². The molecular formula is C32H42N6O5S. The average Bonchev–Trinajstić information content (AvgIpc) is 3.46. The van der Waals surface area contributed by atoms with Crippen LogP contribution in [0.5, 0.6) is 0 Å². The Morgan fingerprint density at radius 1 is 0.977 bits per heavy atom. The summed E-state index contributed by atoms with van der Waals surface area (Å²) in [5.74, 6) is -0.339. The predicted molar refractivity (Wildman–Crippen MR) is 167 cm³/mol. The van der Waals surface area contributed by atoms with Crippen LogP contribution >= 0.6 is 0 Å². The van der Waals surface area contributed by atoms with Crippen LogP contribution < -0.4 is 16.0 Å². The lowest BCUT2D eigenvalue weighted by Gasteiger charge is -2.32. The third kappa shape index (κ3) is 8.23. The van der Waals surface area contributed by atoms with Gasteiger partial charge < -0.3 is 16.0 Å². The molecule has 5 rings (SSSR count). The second-order valence-corrected chi connectivity index (χ2v) is 14.0. The van der Waals surface area contributed by atoms with Gasteiger partial charge >= 0.3 is 0 Å². The fourth-order valence-corrected chi connectivity index (χ4v) is 7.11. The van der Waals surface area contributed by atoms with E-state index in [-0.39, 0.29) is 36.9 Å². The van der Waals surface area contributed by atoms with Gasteiger partial charge in [0.1, 0.15) is 17.4 Å². The zero-order valence-corrected chi connectivity index (χ0v) is 26.0. The quantitative estimate of drug-likeness (QED) is 0.300. The van der Waals surface area contributed by atoms with Gasteiger partial charge in [-0.05, 0) is 61.4 Å². The molecule has 0 spiro atoms. The van der Waals surface area contributed by atoms with Crippen molar-refractivity contribution in [3.63, 3.8) is 0 Å². The molecule has 11 nitrogen and oxygen atoms in total. The number of nitrogens with one attached hydrogen (secondary N) is 3. The highest BCUT2D eigenvalue weighted by Crippen LogP contribution is 2.28. The molecule has 2 atom stereocenters. The fourth-order valence-electron chi connectivity index (χ4n) is 6.20. The van der Waals surface area contributed by atoms with E-state index >= 15 is 0 Å². The van der Waals surface area contributed by atoms with Crippen LogP contribution in [0.2, 0.25) is 0 Å². The topological polar surface area (TPSA) is 142 Å². The lowest BCUT2D eigenvalue weighted by Crippen LogP contribution is -2.54. The molecule has 3 heterocycles. The molecule has 12 heteroatoms. The number of sulfonamides is 1. The maximum Gasteiger partial charge on any atom is 0.270 e. The number of nitrogens with zero attached hydrogens (tertiary/aromatic N) is 3. The molecule has 2 aromatic heterocycles. The molecule has 0 bridgehead atoms. The Hall–Kier alpha value is -3.77. The Morgan fingerprint density at radius 3 is 2.50 bits per heavy atom. The van der Waals surface area contributed by atoms with Gasteiger partial charge in [-0.1, -0.05) is 50.3 Å². The Labute approximate surface area is 258 Å². The van der Waals surface area contributed by atoms with Crippen molar-refractivity contribution < 1.29 is 22.8 Å². The molecule has 44 heavy (non-hydrogen) atoms. The van der Waals surface area contributed by atoms with Crippen molar-refractivity contribution in [2.75, 3.05) is 19.3 Å². The summed E-state index contributed by atoms with van der Waals surface area (Å²) in [4.78, 5) is 43.7. The molecule has 236 valence electrons. The molecule has 2 fully saturated rings. The first kappa shape index (κ1) is 31.6. The Bertz CT molecular complexity index is 1570. The minimum atomic E-state index is -3.34. The minimum Gasteiger partial charge on any atom is -0.350 e. The smallest absolute Gasteiger partial charge is 0.270 e. The summed E-state index contributed by atoms with van der Waals surface area (Å²) >= 11 is 0. The van der Waals surface area contributed by atoms with Crippen LogP contribution in [-0.4, -0.2) is 71.3 Å². The largest absolute Gasteiger partial charge is 0.350 e. The van der Waals surface area contributed by atoms with Gasteiger partial charge in [-0.2, -0.15) is 0 Å². The first-order valence-corrected chi connectivity index (χ1v) is 17.4. The first-order chi connectivity index (χ1) is 21.2. The lowest BCUT2D eigenvalue weighted by molar-refractivity contribution is -0.124. The number of fused-ring (bicyclic) bond motifs is 1. The van der Waals surface area contributed by atoms with Crippen LogP contribution in [0.1, 0.15) is 84.2 Å². The first-order valence-electron chi connectivity index (χ1n) is 15.5. The average molecular weight is 623 g/mol. The van der Waals surface area contributed by atoms with Crippen molar-refractivity contribution in [2.24, 2.45) is 5.92 Å². The standard InChI is InChI=1S/C32H42N6O5S/c1-44(42,43)37-18-7-10-26(22-37)35-31(40)27(17-14-23-8-3-2-4-9-23)36-30(39)25-15-12-24(13-16-25)20-34-32(41)28-21-33-29-11-5-6-19-38(28)29/h5-6,11-13,15-16,19,21,23,26-27H,2-4,7-10,14,17-18,20,22H2,1H3,(H,34,41)(H,35,40)(H,36,39). The number of imidazole rings is 1. The third-order valence-corrected chi connectivity index (χ3v) is 10.00. The minimum absolute atomic E-state index is 0.239. The van der Waals surface area contributed by atoms with E-state index in [0.29, 0.717) is 48.6 Å². The van der Waals surface area contributed by atoms with Gasteiger partial charge in [0.2, 0.25) is 15.9 Å². The maximum atomic E-state index is 13.4. The summed E-state index contributed by atoms with van der Waals surface area (Å²) in [5.41, 5.74) is 2.36. The van der Waals surface area contributed by atoms with E-state index in [9.17, 15) is 22.8 Å². The molecule has 1 saturated carbocycles. The number of aromatic nitrogens is 2. The second-order valence-electron chi connectivity index (χ2n) is 12.0. The van der Waals surface area contributed by atoms with Crippen molar-refractivity contribution in [1.29, 1.82) is 0 Å². The predicted octanol–water partition coefficient (Wildman–Crippen LogP) is 3.26. The molecule has 3 amide bonds. The number of pyridine rings is 1. The molecule has 1 aromatic carbocycles. The van der Waals surface area contributed by atoms with Crippen LogP contribution in [-0.2, 0) is 21.4 Å². The Kier molecular flexibility index (Phi) is 10.3. The van der Waals surface area contributed by atoms with Gasteiger partial charge in [0.05, 0.1) is 12.5 Å². The highest BCUT2D eigenvalue weighted by molar-refractivity contribution is 7.88. The normalized spacial score (nSPS) is 18.9. The fraction of sp³-hybridized carbons (Fsp3) is 0.500. The summed E-state index contributed by atoms with van der Waals surface area (Å²) < 4.78 is 27.2. The zero-order chi connectivity index (χ0) is 31.1.